The van der Waals surface area contributed by atoms with Crippen molar-refractivity contribution < 1.29 is 27.5 Å². The van der Waals surface area contributed by atoms with Gasteiger partial charge in [0.1, 0.15) is 5.84 Å². The van der Waals surface area contributed by atoms with E-state index in [4.69, 9.17) is 10.1 Å². The lowest BCUT2D eigenvalue weighted by molar-refractivity contribution is -0.171. The highest BCUT2D eigenvalue weighted by molar-refractivity contribution is 6.09. The average Bonchev–Trinajstić information content (AvgIpc) is 3.09. The number of nitrogens with zero attached hydrogens (tertiary/aromatic N) is 1. The largest absolute Gasteiger partial charge is 0.471 e. The summed E-state index contributed by atoms with van der Waals surface area (Å²) < 4.78 is 43.0. The van der Waals surface area contributed by atoms with Crippen LogP contribution in [0.1, 0.15) is 39.4 Å². The Morgan fingerprint density at radius 2 is 1.90 bits per heavy atom. The van der Waals surface area contributed by atoms with E-state index < -0.39 is 17.9 Å². The van der Waals surface area contributed by atoms with E-state index in [0.29, 0.717) is 31.7 Å². The average molecular weight is 431 g/mol. The molecule has 2 aliphatic rings. The van der Waals surface area contributed by atoms with Crippen LogP contribution in [0.25, 0.3) is 0 Å². The minimum Gasteiger partial charge on any atom is -0.381 e. The number of fused-ring (bicyclic) bond motifs is 1. The van der Waals surface area contributed by atoms with E-state index >= 15 is 0 Å². The molecule has 0 saturated carbocycles. The number of nitrogens with one attached hydrogen (secondary N) is 2. The predicted octanol–water partition coefficient (Wildman–Crippen LogP) is 3.22. The standard InChI is InChI=1S/C22H20F3N3O3/c23-22(24,25)21(30)27-19(26)14-6-7-15-11-28(20(29)16(15)10-14)18-8-9-31-12-17(18)13-4-2-1-3-5-13/h1-7,10,17-18H,8-9,11-12H2,(H2,26,27,30). The van der Waals surface area contributed by atoms with Crippen LogP contribution < -0.4 is 5.32 Å². The van der Waals surface area contributed by atoms with Gasteiger partial charge in [-0.25, -0.2) is 0 Å². The van der Waals surface area contributed by atoms with Gasteiger partial charge in [0.15, 0.2) is 0 Å². The molecule has 1 saturated heterocycles. The molecule has 0 radical (unpaired) electrons. The van der Waals surface area contributed by atoms with Crippen LogP contribution in [0, 0.1) is 5.41 Å². The Labute approximate surface area is 176 Å². The Bertz CT molecular complexity index is 1020. The van der Waals surface area contributed by atoms with Gasteiger partial charge in [0.05, 0.1) is 6.61 Å². The zero-order valence-electron chi connectivity index (χ0n) is 16.4. The molecule has 2 atom stereocenters. The fraction of sp³-hybridized carbons (Fsp3) is 0.318. The summed E-state index contributed by atoms with van der Waals surface area (Å²) in [7, 11) is 0. The minimum absolute atomic E-state index is 0.0112. The number of hydrogen-bond donors (Lipinski definition) is 2. The number of amidine groups is 1. The number of alkyl halides is 3. The van der Waals surface area contributed by atoms with Crippen LogP contribution in [0.15, 0.2) is 48.5 Å². The van der Waals surface area contributed by atoms with E-state index in [1.54, 1.807) is 11.0 Å². The molecule has 0 spiro atoms. The Kier molecular flexibility index (Phi) is 5.53. The van der Waals surface area contributed by atoms with Crippen molar-refractivity contribution in [2.45, 2.75) is 31.1 Å². The van der Waals surface area contributed by atoms with Gasteiger partial charge in [-0.3, -0.25) is 15.0 Å². The van der Waals surface area contributed by atoms with Crippen LogP contribution in [-0.4, -0.2) is 48.0 Å². The molecule has 6 nitrogen and oxygen atoms in total. The zero-order valence-corrected chi connectivity index (χ0v) is 16.4. The molecule has 1 fully saturated rings. The fourth-order valence-electron chi connectivity index (χ4n) is 4.12. The van der Waals surface area contributed by atoms with Gasteiger partial charge in [-0.05, 0) is 23.6 Å². The van der Waals surface area contributed by atoms with Gasteiger partial charge in [-0.2, -0.15) is 13.2 Å². The zero-order chi connectivity index (χ0) is 22.2. The molecular weight excluding hydrogens is 411 g/mol. The Balaban J connectivity index is 1.55. The normalized spacial score (nSPS) is 21.0. The topological polar surface area (TPSA) is 82.5 Å². The summed E-state index contributed by atoms with van der Waals surface area (Å²) in [6, 6.07) is 14.2. The van der Waals surface area contributed by atoms with Gasteiger partial charge in [0.25, 0.3) is 5.91 Å². The number of carbonyl (C=O) groups is 2. The molecule has 2 unspecified atom stereocenters. The van der Waals surface area contributed by atoms with Gasteiger partial charge in [0.2, 0.25) is 0 Å². The van der Waals surface area contributed by atoms with Crippen molar-refractivity contribution in [2.24, 2.45) is 0 Å². The number of amides is 2. The maximum absolute atomic E-state index is 13.2. The number of ether oxygens (including phenoxy) is 1. The summed E-state index contributed by atoms with van der Waals surface area (Å²) in [6.45, 7) is 1.41. The molecule has 31 heavy (non-hydrogen) atoms. The monoisotopic (exact) mass is 431 g/mol. The summed E-state index contributed by atoms with van der Waals surface area (Å²) in [6.07, 6.45) is -4.42. The molecule has 2 N–H and O–H groups in total. The third-order valence-electron chi connectivity index (χ3n) is 5.67. The van der Waals surface area contributed by atoms with Crippen molar-refractivity contribution in [1.82, 2.24) is 10.2 Å². The highest BCUT2D eigenvalue weighted by atomic mass is 19.4. The van der Waals surface area contributed by atoms with Crippen LogP contribution in [-0.2, 0) is 16.1 Å². The maximum Gasteiger partial charge on any atom is 0.471 e. The van der Waals surface area contributed by atoms with Crippen molar-refractivity contribution in [2.75, 3.05) is 13.2 Å². The third kappa shape index (κ3) is 4.18. The number of hydrogen-bond acceptors (Lipinski definition) is 4. The summed E-state index contributed by atoms with van der Waals surface area (Å²) in [4.78, 5) is 26.1. The molecule has 0 aliphatic carbocycles. The van der Waals surface area contributed by atoms with Crippen molar-refractivity contribution in [3.63, 3.8) is 0 Å². The van der Waals surface area contributed by atoms with Gasteiger partial charge < -0.3 is 15.0 Å². The lowest BCUT2D eigenvalue weighted by Crippen LogP contribution is -2.44. The second kappa shape index (κ2) is 8.14. The summed E-state index contributed by atoms with van der Waals surface area (Å²) >= 11 is 0. The van der Waals surface area contributed by atoms with E-state index in [1.807, 2.05) is 30.3 Å². The number of carbonyl (C=O) groups excluding carboxylic acids is 2. The first-order valence-corrected chi connectivity index (χ1v) is 9.79. The lowest BCUT2D eigenvalue weighted by Gasteiger charge is -2.38. The highest BCUT2D eigenvalue weighted by Gasteiger charge is 2.40. The van der Waals surface area contributed by atoms with Gasteiger partial charge in [-0.15, -0.1) is 0 Å². The molecule has 2 heterocycles. The summed E-state index contributed by atoms with van der Waals surface area (Å²) in [5, 5.41) is 9.31. The van der Waals surface area contributed by atoms with E-state index in [-0.39, 0.29) is 23.4 Å². The first kappa shape index (κ1) is 21.0. The number of benzene rings is 2. The van der Waals surface area contributed by atoms with Crippen molar-refractivity contribution in [1.29, 1.82) is 5.41 Å². The van der Waals surface area contributed by atoms with E-state index in [1.165, 1.54) is 17.4 Å². The fourth-order valence-corrected chi connectivity index (χ4v) is 4.12. The smallest absolute Gasteiger partial charge is 0.381 e. The molecule has 2 aromatic rings. The molecule has 162 valence electrons. The first-order chi connectivity index (χ1) is 14.8. The molecule has 0 aromatic heterocycles. The summed E-state index contributed by atoms with van der Waals surface area (Å²) in [5.41, 5.74) is 2.19. The second-order valence-corrected chi connectivity index (χ2v) is 7.58. The van der Waals surface area contributed by atoms with Crippen LogP contribution in [0.2, 0.25) is 0 Å². The van der Waals surface area contributed by atoms with E-state index in [0.717, 1.165) is 11.1 Å². The molecule has 2 amide bonds. The van der Waals surface area contributed by atoms with Gasteiger partial charge >= 0.3 is 12.1 Å². The van der Waals surface area contributed by atoms with Crippen molar-refractivity contribution >= 4 is 17.6 Å². The molecule has 2 aliphatic heterocycles. The summed E-state index contributed by atoms with van der Waals surface area (Å²) in [5.74, 6) is -3.15. The highest BCUT2D eigenvalue weighted by Crippen LogP contribution is 2.35. The van der Waals surface area contributed by atoms with E-state index in [9.17, 15) is 22.8 Å². The predicted molar refractivity (Wildman–Crippen MR) is 106 cm³/mol. The van der Waals surface area contributed by atoms with Crippen molar-refractivity contribution in [3.8, 4) is 0 Å². The van der Waals surface area contributed by atoms with E-state index in [2.05, 4.69) is 0 Å². The first-order valence-electron chi connectivity index (χ1n) is 9.79. The molecule has 0 bridgehead atoms. The minimum atomic E-state index is -5.09. The van der Waals surface area contributed by atoms with Crippen LogP contribution >= 0.6 is 0 Å². The van der Waals surface area contributed by atoms with Gasteiger partial charge in [0, 0.05) is 36.2 Å². The van der Waals surface area contributed by atoms with Gasteiger partial charge in [-0.1, -0.05) is 42.5 Å². The number of halogens is 3. The van der Waals surface area contributed by atoms with Crippen LogP contribution in [0.3, 0.4) is 0 Å². The maximum atomic E-state index is 13.2. The number of rotatable bonds is 3. The van der Waals surface area contributed by atoms with Crippen LogP contribution in [0.4, 0.5) is 13.2 Å². The molecular formula is C22H20F3N3O3. The Morgan fingerprint density at radius 3 is 2.61 bits per heavy atom. The lowest BCUT2D eigenvalue weighted by atomic mass is 9.87. The quantitative estimate of drug-likeness (QED) is 0.578. The third-order valence-corrected chi connectivity index (χ3v) is 5.67. The van der Waals surface area contributed by atoms with Crippen molar-refractivity contribution in [3.05, 3.63) is 70.8 Å². The Hall–Kier alpha value is -3.20. The SMILES string of the molecule is N=C(NC(=O)C(F)(F)F)c1ccc2c(c1)C(=O)N(C1CCOCC1c1ccccc1)C2. The van der Waals surface area contributed by atoms with Crippen LogP contribution in [0.5, 0.6) is 0 Å². The molecule has 4 rings (SSSR count). The molecule has 2 aromatic carbocycles. The molecule has 9 heteroatoms. The Morgan fingerprint density at radius 1 is 1.16 bits per heavy atom. The second-order valence-electron chi connectivity index (χ2n) is 7.58.